The Morgan fingerprint density at radius 2 is 1.97 bits per heavy atom. The lowest BCUT2D eigenvalue weighted by molar-refractivity contribution is -0.126. The van der Waals surface area contributed by atoms with Crippen LogP contribution in [0.5, 0.6) is 0 Å². The smallest absolute Gasteiger partial charge is 0.290 e. The van der Waals surface area contributed by atoms with Gasteiger partial charge in [0.05, 0.1) is 30.4 Å². The van der Waals surface area contributed by atoms with Gasteiger partial charge in [-0.2, -0.15) is 0 Å². The fraction of sp³-hybridized carbons (Fsp3) is 0.241. The van der Waals surface area contributed by atoms with Crippen LogP contribution in [-0.4, -0.2) is 58.0 Å². The minimum absolute atomic E-state index is 0.206. The molecule has 39 heavy (non-hydrogen) atoms. The Bertz CT molecular complexity index is 1660. The fourth-order valence-electron chi connectivity index (χ4n) is 5.11. The number of benzene rings is 2. The van der Waals surface area contributed by atoms with Gasteiger partial charge in [-0.3, -0.25) is 19.6 Å². The molecule has 3 aromatic heterocycles. The molecule has 0 bridgehead atoms. The number of fused-ring (bicyclic) bond motifs is 4. The zero-order chi connectivity index (χ0) is 26.8. The SMILES string of the molecule is COCCNC(=O)C1Cc2c([nH]c3ccccc23)CN1C(=O)c1occc1CNc1ccc2nccnc2c1. The Hall–Kier alpha value is -4.70. The number of aromatic nitrogens is 3. The van der Waals surface area contributed by atoms with Gasteiger partial charge in [-0.05, 0) is 35.9 Å². The number of hydrogen-bond acceptors (Lipinski definition) is 7. The molecule has 2 amide bonds. The van der Waals surface area contributed by atoms with E-state index in [1.165, 1.54) is 6.26 Å². The molecule has 4 heterocycles. The first kappa shape index (κ1) is 24.6. The van der Waals surface area contributed by atoms with E-state index in [1.807, 2.05) is 42.5 Å². The van der Waals surface area contributed by atoms with Crippen molar-refractivity contribution in [3.8, 4) is 0 Å². The molecule has 0 fully saturated rings. The van der Waals surface area contributed by atoms with Crippen LogP contribution >= 0.6 is 0 Å². The van der Waals surface area contributed by atoms with E-state index < -0.39 is 6.04 Å². The number of para-hydroxylation sites is 1. The average molecular weight is 525 g/mol. The molecular weight excluding hydrogens is 496 g/mol. The second-order valence-corrected chi connectivity index (χ2v) is 9.45. The molecule has 0 saturated heterocycles. The highest BCUT2D eigenvalue weighted by atomic mass is 16.5. The number of carbonyl (C=O) groups is 2. The molecule has 0 radical (unpaired) electrons. The Balaban J connectivity index is 1.26. The largest absolute Gasteiger partial charge is 0.459 e. The molecule has 3 N–H and O–H groups in total. The van der Waals surface area contributed by atoms with Crippen molar-refractivity contribution in [1.29, 1.82) is 0 Å². The molecule has 0 aliphatic carbocycles. The second kappa shape index (κ2) is 10.6. The van der Waals surface area contributed by atoms with Gasteiger partial charge in [-0.25, -0.2) is 0 Å². The van der Waals surface area contributed by atoms with Crippen LogP contribution in [-0.2, 0) is 29.0 Å². The number of ether oxygens (including phenoxy) is 1. The van der Waals surface area contributed by atoms with Crippen molar-refractivity contribution in [2.45, 2.75) is 25.6 Å². The van der Waals surface area contributed by atoms with Crippen LogP contribution in [0.15, 0.2) is 71.6 Å². The molecule has 1 atom stereocenters. The number of amides is 2. The Labute approximate surface area is 224 Å². The topological polar surface area (TPSA) is 125 Å². The predicted molar refractivity (Wildman–Crippen MR) is 146 cm³/mol. The molecule has 1 aliphatic heterocycles. The molecule has 1 unspecified atom stereocenters. The third kappa shape index (κ3) is 4.82. The van der Waals surface area contributed by atoms with Gasteiger partial charge in [0.25, 0.3) is 5.91 Å². The normalized spacial score (nSPS) is 14.9. The molecule has 0 spiro atoms. The van der Waals surface area contributed by atoms with Crippen molar-refractivity contribution in [3.05, 3.63) is 89.8 Å². The fourth-order valence-corrected chi connectivity index (χ4v) is 5.11. The lowest BCUT2D eigenvalue weighted by Gasteiger charge is -2.34. The minimum Gasteiger partial charge on any atom is -0.459 e. The van der Waals surface area contributed by atoms with Gasteiger partial charge >= 0.3 is 0 Å². The van der Waals surface area contributed by atoms with E-state index in [1.54, 1.807) is 30.5 Å². The van der Waals surface area contributed by atoms with Gasteiger partial charge in [0.15, 0.2) is 5.76 Å². The molecule has 10 nitrogen and oxygen atoms in total. The number of nitrogens with zero attached hydrogens (tertiary/aromatic N) is 3. The van der Waals surface area contributed by atoms with Crippen LogP contribution in [0.4, 0.5) is 5.69 Å². The van der Waals surface area contributed by atoms with Gasteiger partial charge in [0.1, 0.15) is 6.04 Å². The number of furan rings is 1. The monoisotopic (exact) mass is 524 g/mol. The number of rotatable bonds is 8. The predicted octanol–water partition coefficient (Wildman–Crippen LogP) is 3.65. The number of anilines is 1. The number of methoxy groups -OCH3 is 1. The lowest BCUT2D eigenvalue weighted by atomic mass is 9.95. The van der Waals surface area contributed by atoms with Crippen molar-refractivity contribution >= 4 is 39.4 Å². The standard InChI is InChI=1S/C29H28N6O4/c1-38-13-11-32-28(36)26-15-21-20-4-2-3-5-22(20)34-25(21)17-35(26)29(37)27-18(8-12-39-27)16-33-19-6-7-23-24(14-19)31-10-9-30-23/h2-10,12,14,26,33-34H,11,13,15-17H2,1H3,(H,32,36). The maximum absolute atomic E-state index is 13.9. The Morgan fingerprint density at radius 3 is 2.85 bits per heavy atom. The molecule has 1 aliphatic rings. The van der Waals surface area contributed by atoms with Crippen molar-refractivity contribution in [2.75, 3.05) is 25.6 Å². The Morgan fingerprint density at radius 1 is 1.13 bits per heavy atom. The third-order valence-electron chi connectivity index (χ3n) is 7.07. The summed E-state index contributed by atoms with van der Waals surface area (Å²) in [6, 6.07) is 14.8. The maximum Gasteiger partial charge on any atom is 0.290 e. The van der Waals surface area contributed by atoms with E-state index in [0.29, 0.717) is 31.7 Å². The molecule has 198 valence electrons. The maximum atomic E-state index is 13.9. The van der Waals surface area contributed by atoms with Gasteiger partial charge in [0.2, 0.25) is 5.91 Å². The van der Waals surface area contributed by atoms with Crippen molar-refractivity contribution in [3.63, 3.8) is 0 Å². The van der Waals surface area contributed by atoms with Gasteiger partial charge < -0.3 is 29.7 Å². The van der Waals surface area contributed by atoms with Crippen molar-refractivity contribution in [1.82, 2.24) is 25.2 Å². The van der Waals surface area contributed by atoms with E-state index in [4.69, 9.17) is 9.15 Å². The van der Waals surface area contributed by atoms with E-state index in [9.17, 15) is 9.59 Å². The summed E-state index contributed by atoms with van der Waals surface area (Å²) in [5.41, 5.74) is 6.09. The number of aromatic amines is 1. The average Bonchev–Trinajstić information content (AvgIpc) is 3.59. The van der Waals surface area contributed by atoms with Crippen LogP contribution in [0.3, 0.4) is 0 Å². The first-order valence-electron chi connectivity index (χ1n) is 12.8. The highest BCUT2D eigenvalue weighted by molar-refractivity contribution is 5.98. The molecule has 10 heteroatoms. The van der Waals surface area contributed by atoms with Crippen LogP contribution in [0, 0.1) is 0 Å². The summed E-state index contributed by atoms with van der Waals surface area (Å²) in [6.45, 7) is 1.38. The molecule has 6 rings (SSSR count). The van der Waals surface area contributed by atoms with Gasteiger partial charge in [0, 0.05) is 66.9 Å². The van der Waals surface area contributed by atoms with Crippen LogP contribution in [0.1, 0.15) is 27.4 Å². The van der Waals surface area contributed by atoms with Crippen molar-refractivity contribution < 1.29 is 18.7 Å². The molecule has 5 aromatic rings. The van der Waals surface area contributed by atoms with E-state index in [2.05, 4.69) is 25.6 Å². The van der Waals surface area contributed by atoms with E-state index in [0.717, 1.165) is 38.9 Å². The summed E-state index contributed by atoms with van der Waals surface area (Å²) >= 11 is 0. The van der Waals surface area contributed by atoms with Crippen LogP contribution in [0.2, 0.25) is 0 Å². The number of hydrogen-bond donors (Lipinski definition) is 3. The number of nitrogens with one attached hydrogen (secondary N) is 3. The van der Waals surface area contributed by atoms with Crippen LogP contribution in [0.25, 0.3) is 21.9 Å². The van der Waals surface area contributed by atoms with Crippen LogP contribution < -0.4 is 10.6 Å². The highest BCUT2D eigenvalue weighted by Gasteiger charge is 2.38. The summed E-state index contributed by atoms with van der Waals surface area (Å²) in [5, 5.41) is 7.32. The summed E-state index contributed by atoms with van der Waals surface area (Å²) in [4.78, 5) is 40.9. The van der Waals surface area contributed by atoms with Crippen molar-refractivity contribution in [2.24, 2.45) is 0 Å². The summed E-state index contributed by atoms with van der Waals surface area (Å²) in [7, 11) is 1.58. The lowest BCUT2D eigenvalue weighted by Crippen LogP contribution is -2.53. The molecule has 2 aromatic carbocycles. The first-order chi connectivity index (χ1) is 19.1. The summed E-state index contributed by atoms with van der Waals surface area (Å²) in [6.07, 6.45) is 5.21. The number of H-pyrrole nitrogens is 1. The molecule has 0 saturated carbocycles. The summed E-state index contributed by atoms with van der Waals surface area (Å²) in [5.74, 6) is -0.352. The second-order valence-electron chi connectivity index (χ2n) is 9.45. The van der Waals surface area contributed by atoms with Gasteiger partial charge in [-0.15, -0.1) is 0 Å². The number of carbonyl (C=O) groups excluding carboxylic acids is 2. The quantitative estimate of drug-likeness (QED) is 0.265. The zero-order valence-electron chi connectivity index (χ0n) is 21.4. The molecular formula is C29H28N6O4. The minimum atomic E-state index is -0.689. The van der Waals surface area contributed by atoms with E-state index >= 15 is 0 Å². The highest BCUT2D eigenvalue weighted by Crippen LogP contribution is 2.32. The zero-order valence-corrected chi connectivity index (χ0v) is 21.4. The summed E-state index contributed by atoms with van der Waals surface area (Å²) < 4.78 is 10.8. The van der Waals surface area contributed by atoms with Gasteiger partial charge in [-0.1, -0.05) is 18.2 Å². The third-order valence-corrected chi connectivity index (χ3v) is 7.07. The first-order valence-corrected chi connectivity index (χ1v) is 12.8. The Kier molecular flexibility index (Phi) is 6.68. The van der Waals surface area contributed by atoms with E-state index in [-0.39, 0.29) is 24.1 Å².